The molecule has 1 N–H and O–H groups in total. The fourth-order valence-corrected chi connectivity index (χ4v) is 5.06. The van der Waals surface area contributed by atoms with Crippen molar-refractivity contribution in [3.05, 3.63) is 65.2 Å². The van der Waals surface area contributed by atoms with E-state index in [4.69, 9.17) is 4.99 Å². The van der Waals surface area contributed by atoms with Gasteiger partial charge in [0.05, 0.1) is 23.5 Å². The zero-order valence-electron chi connectivity index (χ0n) is 15.5. The quantitative estimate of drug-likeness (QED) is 0.848. The number of aryl methyl sites for hydroxylation is 1. The van der Waals surface area contributed by atoms with Crippen molar-refractivity contribution in [2.24, 2.45) is 10.1 Å². The molecule has 28 heavy (non-hydrogen) atoms. The number of carbonyl (C=O) groups excluding carboxylic acids is 1. The molecule has 2 heterocycles. The number of nitrogens with zero attached hydrogens (tertiary/aromatic N) is 3. The predicted molar refractivity (Wildman–Crippen MR) is 114 cm³/mol. The van der Waals surface area contributed by atoms with Crippen molar-refractivity contribution >= 4 is 34.7 Å². The molecule has 5 nitrogen and oxygen atoms in total. The van der Waals surface area contributed by atoms with E-state index >= 15 is 0 Å². The van der Waals surface area contributed by atoms with E-state index in [-0.39, 0.29) is 18.0 Å². The van der Waals surface area contributed by atoms with Crippen LogP contribution < -0.4 is 5.32 Å². The van der Waals surface area contributed by atoms with E-state index in [0.29, 0.717) is 5.75 Å². The lowest BCUT2D eigenvalue weighted by atomic mass is 9.88. The molecule has 6 heteroatoms. The smallest absolute Gasteiger partial charge is 0.230 e. The van der Waals surface area contributed by atoms with Gasteiger partial charge in [0, 0.05) is 18.2 Å². The molecule has 0 radical (unpaired) electrons. The number of amidine groups is 1. The number of amides is 1. The van der Waals surface area contributed by atoms with Crippen molar-refractivity contribution < 1.29 is 4.79 Å². The molecular weight excluding hydrogens is 368 g/mol. The standard InChI is InChI=1S/C22H22N4OS/c27-21(24-18-11-5-7-15-6-1-2-8-16(15)18)14-28-22-25-19-10-4-3-9-17(19)20-12-13-23-26(20)22/h1-4,6,8-10,13,18,20H,5,7,11-12,14H2,(H,24,27). The average molecular weight is 391 g/mol. The van der Waals surface area contributed by atoms with Gasteiger partial charge in [-0.15, -0.1) is 0 Å². The first-order valence-electron chi connectivity index (χ1n) is 9.79. The largest absolute Gasteiger partial charge is 0.349 e. The lowest BCUT2D eigenvalue weighted by Gasteiger charge is -2.30. The van der Waals surface area contributed by atoms with Gasteiger partial charge in [0.25, 0.3) is 0 Å². The number of aliphatic imine (C=N–C) groups is 1. The lowest BCUT2D eigenvalue weighted by Crippen LogP contribution is -2.34. The minimum atomic E-state index is 0.0491. The average Bonchev–Trinajstić information content (AvgIpc) is 3.23. The number of thioether (sulfide) groups is 1. The fourth-order valence-electron chi connectivity index (χ4n) is 4.25. The van der Waals surface area contributed by atoms with Crippen molar-refractivity contribution in [3.8, 4) is 0 Å². The van der Waals surface area contributed by atoms with Crippen LogP contribution in [0.25, 0.3) is 0 Å². The summed E-state index contributed by atoms with van der Waals surface area (Å²) in [5, 5.41) is 10.5. The minimum absolute atomic E-state index is 0.0491. The normalized spacial score (nSPS) is 22.1. The van der Waals surface area contributed by atoms with Gasteiger partial charge >= 0.3 is 0 Å². The van der Waals surface area contributed by atoms with Gasteiger partial charge < -0.3 is 5.32 Å². The van der Waals surface area contributed by atoms with E-state index in [1.807, 2.05) is 29.4 Å². The Kier molecular flexibility index (Phi) is 4.64. The summed E-state index contributed by atoms with van der Waals surface area (Å²) < 4.78 is 0. The number of benzene rings is 2. The topological polar surface area (TPSA) is 57.1 Å². The van der Waals surface area contributed by atoms with E-state index in [9.17, 15) is 4.79 Å². The number of rotatable bonds is 3. The molecule has 0 saturated carbocycles. The van der Waals surface area contributed by atoms with Crippen LogP contribution in [0, 0.1) is 0 Å². The number of carbonyl (C=O) groups is 1. The molecule has 0 saturated heterocycles. The molecule has 0 bridgehead atoms. The van der Waals surface area contributed by atoms with Crippen molar-refractivity contribution in [2.75, 3.05) is 5.75 Å². The van der Waals surface area contributed by atoms with Crippen LogP contribution >= 0.6 is 11.8 Å². The summed E-state index contributed by atoms with van der Waals surface area (Å²) in [6, 6.07) is 16.9. The van der Waals surface area contributed by atoms with Gasteiger partial charge in [-0.05, 0) is 36.5 Å². The Bertz CT molecular complexity index is 971. The molecule has 2 aromatic rings. The van der Waals surface area contributed by atoms with Crippen LogP contribution in [0.3, 0.4) is 0 Å². The molecule has 5 rings (SSSR count). The van der Waals surface area contributed by atoms with Crippen molar-refractivity contribution in [1.82, 2.24) is 10.3 Å². The lowest BCUT2D eigenvalue weighted by molar-refractivity contribution is -0.119. The molecule has 2 atom stereocenters. The summed E-state index contributed by atoms with van der Waals surface area (Å²) in [5.41, 5.74) is 4.81. The maximum absolute atomic E-state index is 12.7. The number of hydrogen-bond donors (Lipinski definition) is 1. The van der Waals surface area contributed by atoms with Crippen molar-refractivity contribution in [1.29, 1.82) is 0 Å². The van der Waals surface area contributed by atoms with E-state index in [1.165, 1.54) is 28.5 Å². The monoisotopic (exact) mass is 390 g/mol. The summed E-state index contributed by atoms with van der Waals surface area (Å²) in [7, 11) is 0. The van der Waals surface area contributed by atoms with E-state index < -0.39 is 0 Å². The molecule has 0 aromatic heterocycles. The highest BCUT2D eigenvalue weighted by atomic mass is 32.2. The first-order chi connectivity index (χ1) is 13.8. The van der Waals surface area contributed by atoms with E-state index in [2.05, 4.69) is 40.8 Å². The van der Waals surface area contributed by atoms with Gasteiger partial charge in [-0.1, -0.05) is 54.2 Å². The molecular formula is C22H22N4OS. The molecule has 2 aliphatic heterocycles. The number of hydrogen-bond acceptors (Lipinski definition) is 5. The van der Waals surface area contributed by atoms with Crippen LogP contribution in [0.2, 0.25) is 0 Å². The van der Waals surface area contributed by atoms with Crippen LogP contribution in [-0.4, -0.2) is 28.1 Å². The van der Waals surface area contributed by atoms with Gasteiger partial charge in [0.2, 0.25) is 5.91 Å². The molecule has 1 amide bonds. The zero-order chi connectivity index (χ0) is 18.9. The third-order valence-electron chi connectivity index (χ3n) is 5.57. The molecule has 2 aromatic carbocycles. The number of para-hydroxylation sites is 1. The van der Waals surface area contributed by atoms with Crippen molar-refractivity contribution in [2.45, 2.75) is 37.8 Å². The molecule has 1 aliphatic carbocycles. The summed E-state index contributed by atoms with van der Waals surface area (Å²) in [5.74, 6) is 0.395. The van der Waals surface area contributed by atoms with Crippen LogP contribution in [0.1, 0.15) is 48.0 Å². The highest BCUT2D eigenvalue weighted by Gasteiger charge is 2.33. The van der Waals surface area contributed by atoms with Crippen molar-refractivity contribution in [3.63, 3.8) is 0 Å². The molecule has 0 fully saturated rings. The third kappa shape index (κ3) is 3.22. The summed E-state index contributed by atoms with van der Waals surface area (Å²) >= 11 is 1.47. The maximum atomic E-state index is 12.7. The summed E-state index contributed by atoms with van der Waals surface area (Å²) in [6.07, 6.45) is 6.02. The second-order valence-electron chi connectivity index (χ2n) is 7.35. The Morgan fingerprint density at radius 3 is 2.89 bits per heavy atom. The Balaban J connectivity index is 1.27. The number of fused-ring (bicyclic) bond motifs is 4. The van der Waals surface area contributed by atoms with Gasteiger partial charge in [0.1, 0.15) is 0 Å². The van der Waals surface area contributed by atoms with Gasteiger partial charge in [-0.2, -0.15) is 5.10 Å². The zero-order valence-corrected chi connectivity index (χ0v) is 16.4. The molecule has 3 aliphatic rings. The Morgan fingerprint density at radius 2 is 1.96 bits per heavy atom. The van der Waals surface area contributed by atoms with Crippen LogP contribution in [0.5, 0.6) is 0 Å². The second-order valence-corrected chi connectivity index (χ2v) is 8.29. The Morgan fingerprint density at radius 1 is 1.14 bits per heavy atom. The second kappa shape index (κ2) is 7.43. The number of hydrazone groups is 1. The Hall–Kier alpha value is -2.60. The first kappa shape index (κ1) is 17.5. The fraction of sp³-hybridized carbons (Fsp3) is 0.318. The summed E-state index contributed by atoms with van der Waals surface area (Å²) in [4.78, 5) is 17.4. The van der Waals surface area contributed by atoms with Gasteiger partial charge in [-0.3, -0.25) is 4.79 Å². The molecule has 2 unspecified atom stereocenters. The van der Waals surface area contributed by atoms with Crippen LogP contribution in [0.4, 0.5) is 5.69 Å². The van der Waals surface area contributed by atoms with E-state index in [1.54, 1.807) is 0 Å². The highest BCUT2D eigenvalue weighted by Crippen LogP contribution is 2.40. The van der Waals surface area contributed by atoms with Crippen LogP contribution in [-0.2, 0) is 11.2 Å². The van der Waals surface area contributed by atoms with Gasteiger partial charge in [-0.25, -0.2) is 10.0 Å². The predicted octanol–water partition coefficient (Wildman–Crippen LogP) is 4.35. The summed E-state index contributed by atoms with van der Waals surface area (Å²) in [6.45, 7) is 0. The molecule has 142 valence electrons. The van der Waals surface area contributed by atoms with E-state index in [0.717, 1.165) is 36.5 Å². The minimum Gasteiger partial charge on any atom is -0.349 e. The SMILES string of the molecule is O=C(CSC1=Nc2ccccc2C2CC=NN12)NC1CCCc2ccccc21. The highest BCUT2D eigenvalue weighted by molar-refractivity contribution is 8.14. The van der Waals surface area contributed by atoms with Crippen LogP contribution in [0.15, 0.2) is 58.6 Å². The molecule has 0 spiro atoms. The van der Waals surface area contributed by atoms with Gasteiger partial charge in [0.15, 0.2) is 5.17 Å². The Labute approximate surface area is 168 Å². The third-order valence-corrected chi connectivity index (χ3v) is 6.52. The number of nitrogens with one attached hydrogen (secondary N) is 1. The maximum Gasteiger partial charge on any atom is 0.230 e. The first-order valence-corrected chi connectivity index (χ1v) is 10.8.